The molecule has 1 aromatic heterocycles. The molecule has 1 aliphatic carbocycles. The van der Waals surface area contributed by atoms with Gasteiger partial charge in [-0.05, 0) is 98.2 Å². The number of nitrogens with zero attached hydrogens (tertiary/aromatic N) is 1. The number of thiophene rings is 1. The van der Waals surface area contributed by atoms with E-state index in [9.17, 15) is 0 Å². The van der Waals surface area contributed by atoms with Crippen LogP contribution in [-0.4, -0.2) is 0 Å². The standard InChI is InChI=1S/C49H35NS/c1-49(2)45-18-10-8-16-40(45)41-27-26-38(31-46(41)49)50(37-24-22-33(23-25-37)36-21-20-32-12-6-7-15-35(32)28-36)39-29-43(34-13-4-3-5-14-34)48-44(30-39)42-17-9-11-19-47(42)51-48/h3-31H,1-2H3. The Morgan fingerprint density at radius 2 is 1.10 bits per heavy atom. The summed E-state index contributed by atoms with van der Waals surface area (Å²) in [5.74, 6) is 0. The van der Waals surface area contributed by atoms with E-state index in [4.69, 9.17) is 0 Å². The molecule has 0 amide bonds. The van der Waals surface area contributed by atoms with Gasteiger partial charge >= 0.3 is 0 Å². The molecule has 0 saturated carbocycles. The molecule has 0 radical (unpaired) electrons. The highest BCUT2D eigenvalue weighted by atomic mass is 32.1. The molecular formula is C49H35NS. The van der Waals surface area contributed by atoms with Crippen LogP contribution in [-0.2, 0) is 5.41 Å². The number of hydrogen-bond donors (Lipinski definition) is 0. The van der Waals surface area contributed by atoms with Gasteiger partial charge < -0.3 is 4.90 Å². The quantitative estimate of drug-likeness (QED) is 0.176. The van der Waals surface area contributed by atoms with Gasteiger partial charge in [-0.2, -0.15) is 0 Å². The summed E-state index contributed by atoms with van der Waals surface area (Å²) in [5, 5.41) is 5.11. The van der Waals surface area contributed by atoms with Gasteiger partial charge in [-0.15, -0.1) is 11.3 Å². The Labute approximate surface area is 302 Å². The van der Waals surface area contributed by atoms with Crippen LogP contribution < -0.4 is 4.90 Å². The topological polar surface area (TPSA) is 3.24 Å². The predicted molar refractivity (Wildman–Crippen MR) is 220 cm³/mol. The van der Waals surface area contributed by atoms with Crippen LogP contribution in [0.5, 0.6) is 0 Å². The smallest absolute Gasteiger partial charge is 0.0475 e. The molecule has 242 valence electrons. The third-order valence-corrected chi connectivity index (χ3v) is 12.1. The zero-order chi connectivity index (χ0) is 34.1. The SMILES string of the molecule is CC1(C)c2ccccc2-c2ccc(N(c3ccc(-c4ccc5ccccc5c4)cc3)c3cc(-c4ccccc4)c4sc5ccccc5c4c3)cc21. The molecule has 0 bridgehead atoms. The third-order valence-electron chi connectivity index (χ3n) is 10.8. The molecule has 2 heteroatoms. The second kappa shape index (κ2) is 11.6. The van der Waals surface area contributed by atoms with E-state index in [2.05, 4.69) is 195 Å². The molecular weight excluding hydrogens is 635 g/mol. The normalized spacial score (nSPS) is 13.1. The fourth-order valence-electron chi connectivity index (χ4n) is 8.22. The maximum absolute atomic E-state index is 2.46. The molecule has 51 heavy (non-hydrogen) atoms. The summed E-state index contributed by atoms with van der Waals surface area (Å²) in [5.41, 5.74) is 13.7. The van der Waals surface area contributed by atoms with Gasteiger partial charge in [-0.1, -0.05) is 141 Å². The summed E-state index contributed by atoms with van der Waals surface area (Å²) < 4.78 is 2.63. The zero-order valence-corrected chi connectivity index (χ0v) is 29.4. The van der Waals surface area contributed by atoms with Crippen LogP contribution in [0.2, 0.25) is 0 Å². The van der Waals surface area contributed by atoms with Crippen molar-refractivity contribution in [3.63, 3.8) is 0 Å². The first kappa shape index (κ1) is 29.9. The fourth-order valence-corrected chi connectivity index (χ4v) is 9.44. The second-order valence-corrected chi connectivity index (χ2v) is 15.2. The first-order valence-corrected chi connectivity index (χ1v) is 18.5. The molecule has 8 aromatic carbocycles. The summed E-state index contributed by atoms with van der Waals surface area (Å²) in [4.78, 5) is 2.46. The number of anilines is 3. The Kier molecular flexibility index (Phi) is 6.78. The highest BCUT2D eigenvalue weighted by Gasteiger charge is 2.35. The van der Waals surface area contributed by atoms with Crippen molar-refractivity contribution in [3.8, 4) is 33.4 Å². The van der Waals surface area contributed by atoms with Crippen molar-refractivity contribution < 1.29 is 0 Å². The predicted octanol–water partition coefficient (Wildman–Crippen LogP) is 14.3. The Morgan fingerprint density at radius 1 is 0.412 bits per heavy atom. The molecule has 9 aromatic rings. The lowest BCUT2D eigenvalue weighted by Gasteiger charge is -2.29. The van der Waals surface area contributed by atoms with E-state index in [1.165, 1.54) is 75.5 Å². The van der Waals surface area contributed by atoms with E-state index < -0.39 is 0 Å². The number of rotatable bonds is 5. The van der Waals surface area contributed by atoms with Crippen molar-refractivity contribution in [2.45, 2.75) is 19.3 Å². The third kappa shape index (κ3) is 4.82. The first-order chi connectivity index (χ1) is 25.0. The summed E-state index contributed by atoms with van der Waals surface area (Å²) in [6, 6.07) is 64.9. The average molecular weight is 670 g/mol. The molecule has 10 rings (SSSR count). The van der Waals surface area contributed by atoms with Gasteiger partial charge in [0, 0.05) is 48.2 Å². The lowest BCUT2D eigenvalue weighted by Crippen LogP contribution is -2.16. The van der Waals surface area contributed by atoms with Crippen LogP contribution in [0, 0.1) is 0 Å². The molecule has 0 N–H and O–H groups in total. The Balaban J connectivity index is 1.19. The number of benzene rings is 8. The van der Waals surface area contributed by atoms with Crippen molar-refractivity contribution >= 4 is 59.3 Å². The average Bonchev–Trinajstić information content (AvgIpc) is 3.67. The minimum Gasteiger partial charge on any atom is -0.310 e. The summed E-state index contributed by atoms with van der Waals surface area (Å²) in [7, 11) is 0. The maximum atomic E-state index is 2.46. The highest BCUT2D eigenvalue weighted by molar-refractivity contribution is 7.26. The Hall–Kier alpha value is -5.96. The van der Waals surface area contributed by atoms with Crippen LogP contribution in [0.3, 0.4) is 0 Å². The molecule has 0 saturated heterocycles. The molecule has 0 spiro atoms. The van der Waals surface area contributed by atoms with Gasteiger partial charge in [-0.25, -0.2) is 0 Å². The summed E-state index contributed by atoms with van der Waals surface area (Å²) in [6.07, 6.45) is 0. The van der Waals surface area contributed by atoms with E-state index in [1.807, 2.05) is 11.3 Å². The lowest BCUT2D eigenvalue weighted by atomic mass is 9.82. The molecule has 1 aliphatic rings. The zero-order valence-electron chi connectivity index (χ0n) is 28.6. The van der Waals surface area contributed by atoms with E-state index in [0.29, 0.717) is 0 Å². The van der Waals surface area contributed by atoms with Crippen molar-refractivity contribution in [1.82, 2.24) is 0 Å². The number of hydrogen-bond acceptors (Lipinski definition) is 2. The van der Waals surface area contributed by atoms with Gasteiger partial charge in [0.25, 0.3) is 0 Å². The maximum Gasteiger partial charge on any atom is 0.0475 e. The second-order valence-electron chi connectivity index (χ2n) is 14.2. The molecule has 0 aliphatic heterocycles. The Bertz CT molecular complexity index is 2770. The first-order valence-electron chi connectivity index (χ1n) is 17.7. The lowest BCUT2D eigenvalue weighted by molar-refractivity contribution is 0.660. The van der Waals surface area contributed by atoms with Crippen molar-refractivity contribution in [1.29, 1.82) is 0 Å². The highest BCUT2D eigenvalue weighted by Crippen LogP contribution is 2.51. The molecule has 0 fully saturated rings. The van der Waals surface area contributed by atoms with E-state index in [-0.39, 0.29) is 5.41 Å². The molecule has 0 unspecified atom stereocenters. The minimum atomic E-state index is -0.101. The largest absolute Gasteiger partial charge is 0.310 e. The van der Waals surface area contributed by atoms with Gasteiger partial charge in [0.15, 0.2) is 0 Å². The van der Waals surface area contributed by atoms with Crippen molar-refractivity contribution in [2.75, 3.05) is 4.90 Å². The van der Waals surface area contributed by atoms with Gasteiger partial charge in [0.1, 0.15) is 0 Å². The summed E-state index contributed by atoms with van der Waals surface area (Å²) in [6.45, 7) is 4.72. The van der Waals surface area contributed by atoms with Crippen molar-refractivity contribution in [2.24, 2.45) is 0 Å². The van der Waals surface area contributed by atoms with Gasteiger partial charge in [0.2, 0.25) is 0 Å². The van der Waals surface area contributed by atoms with Crippen LogP contribution in [0.1, 0.15) is 25.0 Å². The van der Waals surface area contributed by atoms with Crippen molar-refractivity contribution in [3.05, 3.63) is 187 Å². The van der Waals surface area contributed by atoms with Crippen LogP contribution >= 0.6 is 11.3 Å². The summed E-state index contributed by atoms with van der Waals surface area (Å²) >= 11 is 1.89. The van der Waals surface area contributed by atoms with Crippen LogP contribution in [0.15, 0.2) is 176 Å². The van der Waals surface area contributed by atoms with E-state index in [0.717, 1.165) is 17.1 Å². The molecule has 1 nitrogen and oxygen atoms in total. The van der Waals surface area contributed by atoms with Gasteiger partial charge in [-0.3, -0.25) is 0 Å². The van der Waals surface area contributed by atoms with Gasteiger partial charge in [0.05, 0.1) is 0 Å². The number of fused-ring (bicyclic) bond motifs is 7. The molecule has 1 heterocycles. The van der Waals surface area contributed by atoms with Crippen LogP contribution in [0.25, 0.3) is 64.3 Å². The van der Waals surface area contributed by atoms with E-state index in [1.54, 1.807) is 0 Å². The molecule has 0 atom stereocenters. The Morgan fingerprint density at radius 3 is 1.96 bits per heavy atom. The monoisotopic (exact) mass is 669 g/mol. The fraction of sp³-hybridized carbons (Fsp3) is 0.0612. The van der Waals surface area contributed by atoms with Crippen LogP contribution in [0.4, 0.5) is 17.1 Å². The van der Waals surface area contributed by atoms with E-state index >= 15 is 0 Å². The minimum absolute atomic E-state index is 0.101.